The number of benzene rings is 3. The highest BCUT2D eigenvalue weighted by Gasteiger charge is 2.01. The van der Waals surface area contributed by atoms with Gasteiger partial charge in [0.25, 0.3) is 0 Å². The van der Waals surface area contributed by atoms with Crippen LogP contribution in [0.5, 0.6) is 5.75 Å². The molecule has 0 radical (unpaired) electrons. The topological polar surface area (TPSA) is 45.0 Å². The molecular formula is C18H16N2O. The Morgan fingerprint density at radius 3 is 2.57 bits per heavy atom. The van der Waals surface area contributed by atoms with Crippen LogP contribution in [0.1, 0.15) is 11.1 Å². The molecule has 0 aliphatic heterocycles. The predicted octanol–water partition coefficient (Wildman–Crippen LogP) is 5.58. The van der Waals surface area contributed by atoms with Crippen LogP contribution in [-0.4, -0.2) is 5.11 Å². The molecule has 0 heterocycles. The number of rotatable bonds is 2. The van der Waals surface area contributed by atoms with Crippen molar-refractivity contribution < 1.29 is 5.11 Å². The number of nitrogens with zero attached hydrogens (tertiary/aromatic N) is 2. The molecule has 0 spiro atoms. The summed E-state index contributed by atoms with van der Waals surface area (Å²) in [5.41, 5.74) is 3.54. The average Bonchev–Trinajstić information content (AvgIpc) is 2.48. The number of hydrogen-bond acceptors (Lipinski definition) is 3. The molecule has 0 bridgehead atoms. The van der Waals surface area contributed by atoms with E-state index in [1.807, 2.05) is 37.3 Å². The number of aryl methyl sites for hydroxylation is 2. The van der Waals surface area contributed by atoms with Crippen molar-refractivity contribution in [1.29, 1.82) is 0 Å². The number of phenolic OH excluding ortho intramolecular Hbond substituents is 1. The van der Waals surface area contributed by atoms with Crippen LogP contribution in [0.2, 0.25) is 0 Å². The van der Waals surface area contributed by atoms with E-state index in [0.717, 1.165) is 16.6 Å². The summed E-state index contributed by atoms with van der Waals surface area (Å²) >= 11 is 0. The Hall–Kier alpha value is -2.68. The lowest BCUT2D eigenvalue weighted by molar-refractivity contribution is 0.476. The Bertz CT molecular complexity index is 838. The van der Waals surface area contributed by atoms with Gasteiger partial charge in [-0.05, 0) is 60.0 Å². The van der Waals surface area contributed by atoms with Crippen molar-refractivity contribution in [3.05, 3.63) is 65.7 Å². The van der Waals surface area contributed by atoms with Crippen molar-refractivity contribution in [3.8, 4) is 5.75 Å². The summed E-state index contributed by atoms with van der Waals surface area (Å²) in [4.78, 5) is 0. The first-order chi connectivity index (χ1) is 10.1. The zero-order valence-electron chi connectivity index (χ0n) is 12.0. The lowest BCUT2D eigenvalue weighted by Crippen LogP contribution is -1.77. The van der Waals surface area contributed by atoms with Gasteiger partial charge in [0.15, 0.2) is 0 Å². The number of azo groups is 1. The maximum atomic E-state index is 9.77. The van der Waals surface area contributed by atoms with Crippen molar-refractivity contribution in [3.63, 3.8) is 0 Å². The normalized spacial score (nSPS) is 11.3. The van der Waals surface area contributed by atoms with E-state index >= 15 is 0 Å². The lowest BCUT2D eigenvalue weighted by atomic mass is 10.1. The maximum Gasteiger partial charge on any atom is 0.143 e. The first kappa shape index (κ1) is 13.3. The van der Waals surface area contributed by atoms with Gasteiger partial charge in [0, 0.05) is 0 Å². The minimum absolute atomic E-state index is 0.140. The number of fused-ring (bicyclic) bond motifs is 1. The van der Waals surface area contributed by atoms with Gasteiger partial charge >= 0.3 is 0 Å². The van der Waals surface area contributed by atoms with Gasteiger partial charge in [0.2, 0.25) is 0 Å². The van der Waals surface area contributed by atoms with Crippen LogP contribution < -0.4 is 0 Å². The van der Waals surface area contributed by atoms with Crippen molar-refractivity contribution in [1.82, 2.24) is 0 Å². The van der Waals surface area contributed by atoms with Crippen LogP contribution in [0, 0.1) is 13.8 Å². The Kier molecular flexibility index (Phi) is 3.40. The molecule has 0 aliphatic carbocycles. The van der Waals surface area contributed by atoms with Gasteiger partial charge in [-0.25, -0.2) is 0 Å². The van der Waals surface area contributed by atoms with Crippen LogP contribution in [0.15, 0.2) is 64.8 Å². The number of aromatic hydroxyl groups is 1. The fourth-order valence-electron chi connectivity index (χ4n) is 2.32. The van der Waals surface area contributed by atoms with Crippen molar-refractivity contribution in [2.45, 2.75) is 13.8 Å². The summed E-state index contributed by atoms with van der Waals surface area (Å²) in [5, 5.41) is 20.5. The summed E-state index contributed by atoms with van der Waals surface area (Å²) < 4.78 is 0. The monoisotopic (exact) mass is 276 g/mol. The van der Waals surface area contributed by atoms with Crippen LogP contribution in [0.25, 0.3) is 10.8 Å². The summed E-state index contributed by atoms with van der Waals surface area (Å²) in [5.74, 6) is 0.140. The molecular weight excluding hydrogens is 260 g/mol. The van der Waals surface area contributed by atoms with Crippen LogP contribution in [-0.2, 0) is 0 Å². The van der Waals surface area contributed by atoms with Gasteiger partial charge < -0.3 is 5.11 Å². The average molecular weight is 276 g/mol. The first-order valence-corrected chi connectivity index (χ1v) is 6.84. The molecule has 104 valence electrons. The highest BCUT2D eigenvalue weighted by atomic mass is 16.3. The van der Waals surface area contributed by atoms with Gasteiger partial charge in [-0.15, -0.1) is 5.11 Å². The third kappa shape index (κ3) is 2.77. The molecule has 0 fully saturated rings. The van der Waals surface area contributed by atoms with E-state index in [0.29, 0.717) is 5.69 Å². The second-order valence-electron chi connectivity index (χ2n) is 5.17. The van der Waals surface area contributed by atoms with Crippen molar-refractivity contribution in [2.24, 2.45) is 10.2 Å². The number of hydrogen-bond donors (Lipinski definition) is 1. The fourth-order valence-corrected chi connectivity index (χ4v) is 2.32. The van der Waals surface area contributed by atoms with Gasteiger partial charge in [-0.3, -0.25) is 0 Å². The molecule has 0 amide bonds. The molecule has 3 aromatic carbocycles. The smallest absolute Gasteiger partial charge is 0.143 e. The molecule has 0 atom stereocenters. The van der Waals surface area contributed by atoms with E-state index < -0.39 is 0 Å². The van der Waals surface area contributed by atoms with E-state index in [4.69, 9.17) is 0 Å². The van der Waals surface area contributed by atoms with E-state index in [9.17, 15) is 5.11 Å². The zero-order valence-corrected chi connectivity index (χ0v) is 12.0. The minimum atomic E-state index is 0.140. The van der Waals surface area contributed by atoms with Crippen molar-refractivity contribution >= 4 is 22.1 Å². The highest BCUT2D eigenvalue weighted by Crippen LogP contribution is 2.30. The Morgan fingerprint density at radius 1 is 0.857 bits per heavy atom. The fraction of sp³-hybridized carbons (Fsp3) is 0.111. The number of phenols is 1. The molecule has 3 aromatic rings. The van der Waals surface area contributed by atoms with E-state index in [-0.39, 0.29) is 5.75 Å². The third-order valence-electron chi connectivity index (χ3n) is 3.49. The molecule has 3 heteroatoms. The van der Waals surface area contributed by atoms with Gasteiger partial charge in [-0.2, -0.15) is 5.11 Å². The second-order valence-corrected chi connectivity index (χ2v) is 5.17. The molecule has 3 nitrogen and oxygen atoms in total. The van der Waals surface area contributed by atoms with Crippen LogP contribution in [0.3, 0.4) is 0 Å². The molecule has 0 saturated carbocycles. The molecule has 21 heavy (non-hydrogen) atoms. The third-order valence-corrected chi connectivity index (χ3v) is 3.49. The zero-order chi connectivity index (χ0) is 14.8. The molecule has 0 aliphatic rings. The molecule has 0 saturated heterocycles. The summed E-state index contributed by atoms with van der Waals surface area (Å²) in [6.45, 7) is 4.05. The largest absolute Gasteiger partial charge is 0.506 e. The summed E-state index contributed by atoms with van der Waals surface area (Å²) in [7, 11) is 0. The Balaban J connectivity index is 1.98. The standard InChI is InChI=1S/C18H16N2O/c1-12-6-9-18(21)17(10-12)20-19-15-7-8-16-13(2)4-3-5-14(16)11-15/h3-11,21H,1-2H3. The predicted molar refractivity (Wildman–Crippen MR) is 85.7 cm³/mol. The van der Waals surface area contributed by atoms with Gasteiger partial charge in [-0.1, -0.05) is 30.3 Å². The lowest BCUT2D eigenvalue weighted by Gasteiger charge is -2.02. The van der Waals surface area contributed by atoms with Gasteiger partial charge in [0.1, 0.15) is 11.4 Å². The molecule has 3 rings (SSSR count). The molecule has 1 N–H and O–H groups in total. The van der Waals surface area contributed by atoms with E-state index in [1.54, 1.807) is 6.07 Å². The first-order valence-electron chi connectivity index (χ1n) is 6.84. The molecule has 0 aromatic heterocycles. The molecule has 0 unspecified atom stereocenters. The highest BCUT2D eigenvalue weighted by molar-refractivity contribution is 5.87. The SMILES string of the molecule is Cc1ccc(O)c(N=Nc2ccc3c(C)cccc3c2)c1. The van der Waals surface area contributed by atoms with Crippen LogP contribution in [0.4, 0.5) is 11.4 Å². The van der Waals surface area contributed by atoms with Crippen molar-refractivity contribution in [2.75, 3.05) is 0 Å². The Morgan fingerprint density at radius 2 is 1.71 bits per heavy atom. The van der Waals surface area contributed by atoms with Crippen LogP contribution >= 0.6 is 0 Å². The van der Waals surface area contributed by atoms with Gasteiger partial charge in [0.05, 0.1) is 5.69 Å². The van der Waals surface area contributed by atoms with E-state index in [2.05, 4.69) is 35.4 Å². The Labute approximate surface area is 123 Å². The quantitative estimate of drug-likeness (QED) is 0.610. The maximum absolute atomic E-state index is 9.77. The minimum Gasteiger partial charge on any atom is -0.506 e. The second kappa shape index (κ2) is 5.37. The summed E-state index contributed by atoms with van der Waals surface area (Å²) in [6, 6.07) is 17.5. The van der Waals surface area contributed by atoms with E-state index in [1.165, 1.54) is 10.9 Å². The summed E-state index contributed by atoms with van der Waals surface area (Å²) in [6.07, 6.45) is 0.